The van der Waals surface area contributed by atoms with Crippen LogP contribution in [-0.2, 0) is 4.79 Å². The van der Waals surface area contributed by atoms with Crippen LogP contribution < -0.4 is 5.32 Å². The normalized spacial score (nSPS) is 16.8. The molecule has 17 heavy (non-hydrogen) atoms. The summed E-state index contributed by atoms with van der Waals surface area (Å²) in [5, 5.41) is 12.6. The average molecular weight is 243 g/mol. The fraction of sp³-hybridized carbons (Fsp3) is 0.929. The Kier molecular flexibility index (Phi) is 7.44. The maximum Gasteiger partial charge on any atom is 0.323 e. The van der Waals surface area contributed by atoms with Gasteiger partial charge in [-0.25, -0.2) is 0 Å². The Morgan fingerprint density at radius 3 is 2.29 bits per heavy atom. The summed E-state index contributed by atoms with van der Waals surface area (Å²) >= 11 is 0. The molecule has 0 aromatic heterocycles. The highest BCUT2D eigenvalue weighted by atomic mass is 16.4. The van der Waals surface area contributed by atoms with Crippen LogP contribution in [-0.4, -0.2) is 22.7 Å². The summed E-state index contributed by atoms with van der Waals surface area (Å²) in [6, 6.07) is 0.194. The lowest BCUT2D eigenvalue weighted by Gasteiger charge is -2.32. The Bertz CT molecular complexity index is 228. The monoisotopic (exact) mass is 243 g/mol. The molecular weight excluding hydrogens is 214 g/mol. The van der Waals surface area contributed by atoms with E-state index in [1.165, 1.54) is 12.8 Å². The third-order valence-corrected chi connectivity index (χ3v) is 3.32. The Labute approximate surface area is 106 Å². The molecule has 3 heteroatoms. The smallest absolute Gasteiger partial charge is 0.323 e. The van der Waals surface area contributed by atoms with Crippen molar-refractivity contribution in [3.05, 3.63) is 0 Å². The fourth-order valence-corrected chi connectivity index (χ4v) is 2.37. The van der Waals surface area contributed by atoms with Crippen LogP contribution in [0.2, 0.25) is 0 Å². The van der Waals surface area contributed by atoms with Crippen molar-refractivity contribution in [2.24, 2.45) is 5.92 Å². The second-order valence-corrected chi connectivity index (χ2v) is 5.56. The standard InChI is InChI=1S/C14H29NO2/c1-6-8-9-12(7-2)10-14(5,13(16)17)15-11(3)4/h11-12,15H,6-10H2,1-5H3,(H,16,17). The number of hydrogen-bond donors (Lipinski definition) is 2. The summed E-state index contributed by atoms with van der Waals surface area (Å²) in [5.74, 6) is -0.233. The quantitative estimate of drug-likeness (QED) is 0.652. The summed E-state index contributed by atoms with van der Waals surface area (Å²) in [5.41, 5.74) is -0.789. The lowest BCUT2D eigenvalue weighted by atomic mass is 9.84. The number of rotatable bonds is 9. The van der Waals surface area contributed by atoms with Crippen LogP contribution in [0.3, 0.4) is 0 Å². The van der Waals surface area contributed by atoms with Gasteiger partial charge in [0.2, 0.25) is 0 Å². The maximum absolute atomic E-state index is 11.4. The highest BCUT2D eigenvalue weighted by molar-refractivity contribution is 5.78. The molecule has 0 aliphatic heterocycles. The van der Waals surface area contributed by atoms with E-state index in [4.69, 9.17) is 0 Å². The predicted molar refractivity (Wildman–Crippen MR) is 72.2 cm³/mol. The van der Waals surface area contributed by atoms with Gasteiger partial charge in [-0.3, -0.25) is 10.1 Å². The molecule has 102 valence electrons. The molecule has 0 aromatic carbocycles. The molecule has 0 saturated carbocycles. The van der Waals surface area contributed by atoms with E-state index in [9.17, 15) is 9.90 Å². The Morgan fingerprint density at radius 2 is 1.94 bits per heavy atom. The Balaban J connectivity index is 4.54. The van der Waals surface area contributed by atoms with Crippen molar-refractivity contribution in [3.63, 3.8) is 0 Å². The summed E-state index contributed by atoms with van der Waals surface area (Å²) in [6.07, 6.45) is 5.28. The van der Waals surface area contributed by atoms with Gasteiger partial charge in [-0.15, -0.1) is 0 Å². The van der Waals surface area contributed by atoms with Crippen LogP contribution in [0.5, 0.6) is 0 Å². The zero-order valence-corrected chi connectivity index (χ0v) is 12.0. The van der Waals surface area contributed by atoms with Gasteiger partial charge in [-0.05, 0) is 33.1 Å². The summed E-state index contributed by atoms with van der Waals surface area (Å²) < 4.78 is 0. The van der Waals surface area contributed by atoms with Crippen molar-refractivity contribution in [2.75, 3.05) is 0 Å². The maximum atomic E-state index is 11.4. The van der Waals surface area contributed by atoms with Crippen molar-refractivity contribution >= 4 is 5.97 Å². The van der Waals surface area contributed by atoms with Crippen molar-refractivity contribution < 1.29 is 9.90 Å². The molecule has 2 unspecified atom stereocenters. The average Bonchev–Trinajstić information content (AvgIpc) is 2.22. The van der Waals surface area contributed by atoms with E-state index < -0.39 is 11.5 Å². The van der Waals surface area contributed by atoms with Gasteiger partial charge in [-0.1, -0.05) is 39.5 Å². The molecule has 0 heterocycles. The molecule has 0 aromatic rings. The number of hydrogen-bond acceptors (Lipinski definition) is 2. The lowest BCUT2D eigenvalue weighted by Crippen LogP contribution is -2.53. The molecule has 2 atom stereocenters. The first kappa shape index (κ1) is 16.4. The fourth-order valence-electron chi connectivity index (χ4n) is 2.37. The summed E-state index contributed by atoms with van der Waals surface area (Å²) in [4.78, 5) is 11.4. The van der Waals surface area contributed by atoms with E-state index in [1.807, 2.05) is 20.8 Å². The third kappa shape index (κ3) is 6.06. The number of carboxylic acid groups (broad SMARTS) is 1. The third-order valence-electron chi connectivity index (χ3n) is 3.32. The molecule has 0 fully saturated rings. The van der Waals surface area contributed by atoms with Gasteiger partial charge >= 0.3 is 5.97 Å². The molecule has 0 aliphatic carbocycles. The van der Waals surface area contributed by atoms with Crippen LogP contribution in [0.1, 0.15) is 66.7 Å². The van der Waals surface area contributed by atoms with Crippen LogP contribution in [0.25, 0.3) is 0 Å². The van der Waals surface area contributed by atoms with Gasteiger partial charge in [-0.2, -0.15) is 0 Å². The van der Waals surface area contributed by atoms with Gasteiger partial charge in [0.1, 0.15) is 5.54 Å². The molecule has 3 nitrogen and oxygen atoms in total. The number of unbranched alkanes of at least 4 members (excludes halogenated alkanes) is 1. The van der Waals surface area contributed by atoms with Crippen molar-refractivity contribution in [2.45, 2.75) is 78.3 Å². The van der Waals surface area contributed by atoms with Crippen molar-refractivity contribution in [1.82, 2.24) is 5.32 Å². The minimum absolute atomic E-state index is 0.194. The van der Waals surface area contributed by atoms with E-state index in [0.717, 1.165) is 19.3 Å². The molecule has 0 amide bonds. The van der Waals surface area contributed by atoms with Gasteiger partial charge in [0.15, 0.2) is 0 Å². The first-order chi connectivity index (χ1) is 7.85. The van der Waals surface area contributed by atoms with Crippen LogP contribution in [0.4, 0.5) is 0 Å². The minimum Gasteiger partial charge on any atom is -0.480 e. The highest BCUT2D eigenvalue weighted by Crippen LogP contribution is 2.25. The highest BCUT2D eigenvalue weighted by Gasteiger charge is 2.35. The molecular formula is C14H29NO2. The lowest BCUT2D eigenvalue weighted by molar-refractivity contribution is -0.145. The van der Waals surface area contributed by atoms with Crippen LogP contribution in [0, 0.1) is 5.92 Å². The number of aliphatic carboxylic acids is 1. The van der Waals surface area contributed by atoms with E-state index >= 15 is 0 Å². The summed E-state index contributed by atoms with van der Waals surface area (Å²) in [6.45, 7) is 10.1. The van der Waals surface area contributed by atoms with E-state index in [2.05, 4.69) is 19.2 Å². The number of carbonyl (C=O) groups is 1. The van der Waals surface area contributed by atoms with E-state index in [-0.39, 0.29) is 6.04 Å². The second kappa shape index (κ2) is 7.70. The molecule has 0 rings (SSSR count). The molecule has 0 radical (unpaired) electrons. The zero-order chi connectivity index (χ0) is 13.5. The molecule has 2 N–H and O–H groups in total. The topological polar surface area (TPSA) is 49.3 Å². The molecule has 0 spiro atoms. The first-order valence-corrected chi connectivity index (χ1v) is 6.86. The largest absolute Gasteiger partial charge is 0.480 e. The van der Waals surface area contributed by atoms with Gasteiger partial charge in [0.05, 0.1) is 0 Å². The van der Waals surface area contributed by atoms with Gasteiger partial charge in [0.25, 0.3) is 0 Å². The number of carboxylic acids is 1. The molecule has 0 saturated heterocycles. The van der Waals surface area contributed by atoms with E-state index in [0.29, 0.717) is 5.92 Å². The summed E-state index contributed by atoms with van der Waals surface area (Å²) in [7, 11) is 0. The molecule has 0 bridgehead atoms. The zero-order valence-electron chi connectivity index (χ0n) is 12.0. The van der Waals surface area contributed by atoms with Crippen LogP contribution >= 0.6 is 0 Å². The number of nitrogens with one attached hydrogen (secondary N) is 1. The van der Waals surface area contributed by atoms with Crippen molar-refractivity contribution in [1.29, 1.82) is 0 Å². The van der Waals surface area contributed by atoms with E-state index in [1.54, 1.807) is 0 Å². The first-order valence-electron chi connectivity index (χ1n) is 6.86. The Morgan fingerprint density at radius 1 is 1.35 bits per heavy atom. The predicted octanol–water partition coefficient (Wildman–Crippen LogP) is 3.43. The van der Waals surface area contributed by atoms with Gasteiger partial charge in [0, 0.05) is 6.04 Å². The van der Waals surface area contributed by atoms with Crippen molar-refractivity contribution in [3.8, 4) is 0 Å². The molecule has 0 aliphatic rings. The second-order valence-electron chi connectivity index (χ2n) is 5.56. The van der Waals surface area contributed by atoms with Gasteiger partial charge < -0.3 is 5.11 Å². The Hall–Kier alpha value is -0.570. The van der Waals surface area contributed by atoms with Crippen LogP contribution in [0.15, 0.2) is 0 Å². The SMILES string of the molecule is CCCCC(CC)CC(C)(NC(C)C)C(=O)O. The minimum atomic E-state index is -0.789.